The first-order chi connectivity index (χ1) is 24.1. The lowest BCUT2D eigenvalue weighted by Crippen LogP contribution is -2.69. The summed E-state index contributed by atoms with van der Waals surface area (Å²) >= 11 is 7.84. The van der Waals surface area contributed by atoms with Gasteiger partial charge < -0.3 is 20.3 Å². The fourth-order valence-electron chi connectivity index (χ4n) is 7.97. The van der Waals surface area contributed by atoms with E-state index in [0.29, 0.717) is 30.8 Å². The molecule has 3 saturated heterocycles. The molecule has 2 N–H and O–H groups in total. The van der Waals surface area contributed by atoms with Gasteiger partial charge in [0.1, 0.15) is 47.0 Å². The molecule has 6 heterocycles. The molecule has 5 aromatic rings. The van der Waals surface area contributed by atoms with Crippen molar-refractivity contribution >= 4 is 60.8 Å². The van der Waals surface area contributed by atoms with Crippen LogP contribution in [0.15, 0.2) is 30.9 Å². The number of likely N-dealkylation sites (N-methyl/N-ethyl adjacent to an activating group) is 1. The number of carbonyl (C=O) groups excluding carboxylic acids is 1. The smallest absolute Gasteiger partial charge is 0.346 e. The molecule has 3 aromatic heterocycles. The van der Waals surface area contributed by atoms with Gasteiger partial charge in [0.25, 0.3) is 0 Å². The van der Waals surface area contributed by atoms with E-state index in [2.05, 4.69) is 20.0 Å². The molecule has 1 spiro atoms. The Morgan fingerprint density at radius 1 is 1.22 bits per heavy atom. The van der Waals surface area contributed by atoms with Crippen molar-refractivity contribution < 1.29 is 18.3 Å². The minimum atomic E-state index is -0.758. The summed E-state index contributed by atoms with van der Waals surface area (Å²) in [5, 5.41) is 14.7. The topological polar surface area (TPSA) is 142 Å². The van der Waals surface area contributed by atoms with Crippen molar-refractivity contribution in [2.24, 2.45) is 0 Å². The number of thiophene rings is 1. The van der Waals surface area contributed by atoms with Crippen molar-refractivity contribution in [3.63, 3.8) is 0 Å². The molecule has 3 aliphatic rings. The SMILES string of the molecule is C[C@H](Oc1nc(N2CCCC3(CCN3C(=O)n3cncn3)C2)c2cc(Cl)c(-c3ccc(F)c4sc(N)c(C#N)c34)c(F)c2n1)[C@@H]1CCCN1C. The molecule has 258 valence electrons. The van der Waals surface area contributed by atoms with Crippen LogP contribution in [0.25, 0.3) is 32.1 Å². The molecule has 0 radical (unpaired) electrons. The first-order valence-electron chi connectivity index (χ1n) is 16.5. The predicted octanol–water partition coefficient (Wildman–Crippen LogP) is 6.06. The van der Waals surface area contributed by atoms with Crippen LogP contribution in [0.5, 0.6) is 6.01 Å². The first-order valence-corrected chi connectivity index (χ1v) is 17.7. The van der Waals surface area contributed by atoms with Crippen LogP contribution in [-0.4, -0.2) is 91.5 Å². The molecular weight excluding hydrogens is 686 g/mol. The Morgan fingerprint density at radius 3 is 2.76 bits per heavy atom. The van der Waals surface area contributed by atoms with Crippen molar-refractivity contribution in [1.82, 2.24) is 34.5 Å². The molecule has 1 amide bonds. The van der Waals surface area contributed by atoms with Crippen LogP contribution in [-0.2, 0) is 0 Å². The number of nitrogens with zero attached hydrogens (tertiary/aromatic N) is 9. The van der Waals surface area contributed by atoms with Crippen molar-refractivity contribution in [2.45, 2.75) is 56.7 Å². The average Bonchev–Trinajstić information content (AvgIpc) is 3.86. The van der Waals surface area contributed by atoms with E-state index in [1.165, 1.54) is 29.5 Å². The van der Waals surface area contributed by atoms with E-state index in [0.717, 1.165) is 50.0 Å². The molecule has 0 aliphatic carbocycles. The van der Waals surface area contributed by atoms with E-state index in [1.54, 1.807) is 6.07 Å². The Bertz CT molecular complexity index is 2210. The molecule has 3 atom stereocenters. The standard InChI is InChI=1S/C34H33ClF2N10O2S/c1-18(24-5-3-10-44(24)2)49-32-42-28-20(13-22(35)26(27(28)37)19-6-7-23(36)29-25(19)21(14-38)30(39)50-29)31(43-32)45-11-4-8-34(15-45)9-12-46(34)33(48)47-17-40-16-41-47/h6-7,13,16-18,24H,3-5,8-12,15,39H2,1-2H3/t18-,24-,34?/m0/s1. The minimum absolute atomic E-state index is 0.0120. The number of aromatic nitrogens is 5. The number of nitriles is 1. The summed E-state index contributed by atoms with van der Waals surface area (Å²) in [6.07, 6.45) is 6.74. The molecule has 50 heavy (non-hydrogen) atoms. The molecule has 3 aliphatic heterocycles. The molecule has 16 heteroatoms. The fraction of sp³-hybridized carbons (Fsp3) is 0.412. The monoisotopic (exact) mass is 718 g/mol. The number of nitrogen functional groups attached to an aromatic ring is 1. The second kappa shape index (κ2) is 12.3. The summed E-state index contributed by atoms with van der Waals surface area (Å²) in [4.78, 5) is 32.9. The van der Waals surface area contributed by atoms with Crippen LogP contribution in [0.2, 0.25) is 5.02 Å². The summed E-state index contributed by atoms with van der Waals surface area (Å²) in [7, 11) is 2.05. The third-order valence-electron chi connectivity index (χ3n) is 10.5. The van der Waals surface area contributed by atoms with Crippen LogP contribution < -0.4 is 15.4 Å². The zero-order chi connectivity index (χ0) is 34.9. The van der Waals surface area contributed by atoms with Gasteiger partial charge >= 0.3 is 12.0 Å². The van der Waals surface area contributed by atoms with Gasteiger partial charge in [-0.2, -0.15) is 25.0 Å². The lowest BCUT2D eigenvalue weighted by molar-refractivity contribution is 0.0117. The highest BCUT2D eigenvalue weighted by molar-refractivity contribution is 7.23. The minimum Gasteiger partial charge on any atom is -0.459 e. The van der Waals surface area contributed by atoms with Crippen molar-refractivity contribution in [3.8, 4) is 23.2 Å². The number of fused-ring (bicyclic) bond motifs is 2. The number of carbonyl (C=O) groups is 1. The van der Waals surface area contributed by atoms with Gasteiger partial charge in [-0.3, -0.25) is 4.90 Å². The van der Waals surface area contributed by atoms with Crippen molar-refractivity contribution in [2.75, 3.05) is 43.9 Å². The normalized spacial score (nSPS) is 21.6. The van der Waals surface area contributed by atoms with Gasteiger partial charge in [0.2, 0.25) is 0 Å². The second-order valence-corrected chi connectivity index (χ2v) is 14.8. The summed E-state index contributed by atoms with van der Waals surface area (Å²) in [5.74, 6) is -0.895. The lowest BCUT2D eigenvalue weighted by Gasteiger charge is -2.56. The number of ether oxygens (including phenoxy) is 1. The highest BCUT2D eigenvalue weighted by Crippen LogP contribution is 2.47. The van der Waals surface area contributed by atoms with Crippen LogP contribution in [0, 0.1) is 23.0 Å². The van der Waals surface area contributed by atoms with E-state index in [1.807, 2.05) is 29.8 Å². The zero-order valence-electron chi connectivity index (χ0n) is 27.4. The molecule has 0 saturated carbocycles. The lowest BCUT2D eigenvalue weighted by atomic mass is 9.78. The van der Waals surface area contributed by atoms with Gasteiger partial charge in [0, 0.05) is 42.0 Å². The van der Waals surface area contributed by atoms with E-state index < -0.39 is 17.2 Å². The molecule has 1 unspecified atom stereocenters. The van der Waals surface area contributed by atoms with Crippen LogP contribution in [0.3, 0.4) is 0 Å². The number of hydrogen-bond donors (Lipinski definition) is 1. The summed E-state index contributed by atoms with van der Waals surface area (Å²) in [6, 6.07) is 6.17. The Labute approximate surface area is 295 Å². The van der Waals surface area contributed by atoms with Gasteiger partial charge in [0.05, 0.1) is 20.8 Å². The first kappa shape index (κ1) is 32.5. The quantitative estimate of drug-likeness (QED) is 0.228. The number of rotatable bonds is 5. The maximum atomic E-state index is 17.1. The van der Waals surface area contributed by atoms with E-state index in [9.17, 15) is 14.4 Å². The fourth-order valence-corrected chi connectivity index (χ4v) is 9.21. The summed E-state index contributed by atoms with van der Waals surface area (Å²) in [5.41, 5.74) is 5.84. The number of piperidine rings is 1. The van der Waals surface area contributed by atoms with Gasteiger partial charge in [-0.05, 0) is 70.3 Å². The molecule has 12 nitrogen and oxygen atoms in total. The van der Waals surface area contributed by atoms with Gasteiger partial charge in [-0.15, -0.1) is 11.3 Å². The predicted molar refractivity (Wildman–Crippen MR) is 186 cm³/mol. The summed E-state index contributed by atoms with van der Waals surface area (Å²) in [6.45, 7) is 4.52. The number of benzene rings is 2. The van der Waals surface area contributed by atoms with E-state index in [4.69, 9.17) is 27.1 Å². The maximum Gasteiger partial charge on any atom is 0.346 e. The molecule has 8 rings (SSSR count). The molecule has 0 bridgehead atoms. The molecule has 3 fully saturated rings. The molecule has 2 aromatic carbocycles. The third-order valence-corrected chi connectivity index (χ3v) is 11.9. The van der Waals surface area contributed by atoms with Gasteiger partial charge in [-0.25, -0.2) is 18.6 Å². The highest BCUT2D eigenvalue weighted by atomic mass is 35.5. The van der Waals surface area contributed by atoms with E-state index >= 15 is 4.39 Å². The maximum absolute atomic E-state index is 17.1. The van der Waals surface area contributed by atoms with Crippen LogP contribution >= 0.6 is 22.9 Å². The summed E-state index contributed by atoms with van der Waals surface area (Å²) < 4.78 is 39.8. The second-order valence-electron chi connectivity index (χ2n) is 13.3. The Morgan fingerprint density at radius 2 is 2.06 bits per heavy atom. The number of hydrogen-bond acceptors (Lipinski definition) is 11. The average molecular weight is 719 g/mol. The Kier molecular flexibility index (Phi) is 8.00. The Hall–Kier alpha value is -4.65. The van der Waals surface area contributed by atoms with Crippen molar-refractivity contribution in [1.29, 1.82) is 5.26 Å². The zero-order valence-corrected chi connectivity index (χ0v) is 28.9. The van der Waals surface area contributed by atoms with Crippen LogP contribution in [0.1, 0.15) is 44.6 Å². The van der Waals surface area contributed by atoms with Crippen molar-refractivity contribution in [3.05, 3.63) is 53.1 Å². The van der Waals surface area contributed by atoms with Crippen LogP contribution in [0.4, 0.5) is 24.4 Å². The molecular formula is C34H33ClF2N10O2S. The largest absolute Gasteiger partial charge is 0.459 e. The van der Waals surface area contributed by atoms with E-state index in [-0.39, 0.29) is 66.5 Å². The highest BCUT2D eigenvalue weighted by Gasteiger charge is 2.50. The van der Waals surface area contributed by atoms with Gasteiger partial charge in [0.15, 0.2) is 5.82 Å². The number of likely N-dealkylation sites (tertiary alicyclic amines) is 2. The van der Waals surface area contributed by atoms with Gasteiger partial charge in [-0.1, -0.05) is 17.7 Å². The number of halogens is 3. The third kappa shape index (κ3) is 5.11. The number of amides is 1. The number of anilines is 2. The number of nitrogens with two attached hydrogens (primary N) is 1. The Balaban J connectivity index is 1.27.